The summed E-state index contributed by atoms with van der Waals surface area (Å²) in [4.78, 5) is 4.82. The summed E-state index contributed by atoms with van der Waals surface area (Å²) in [6.45, 7) is 10.4. The Morgan fingerprint density at radius 3 is 2.53 bits per heavy atom. The minimum absolute atomic E-state index is 0.731. The molecule has 1 saturated heterocycles. The van der Waals surface area contributed by atoms with Crippen molar-refractivity contribution in [2.75, 3.05) is 52.1 Å². The summed E-state index contributed by atoms with van der Waals surface area (Å²) in [5, 5.41) is 0. The molecule has 1 heterocycles. The molecule has 1 aromatic rings. The van der Waals surface area contributed by atoms with Crippen molar-refractivity contribution in [1.29, 1.82) is 0 Å². The van der Waals surface area contributed by atoms with Crippen LogP contribution >= 0.6 is 0 Å². The highest BCUT2D eigenvalue weighted by atomic mass is 16.5. The van der Waals surface area contributed by atoms with Crippen molar-refractivity contribution in [3.05, 3.63) is 23.3 Å². The van der Waals surface area contributed by atoms with Gasteiger partial charge in [0.2, 0.25) is 0 Å². The van der Waals surface area contributed by atoms with E-state index >= 15 is 0 Å². The molecule has 4 nitrogen and oxygen atoms in total. The molecule has 1 aliphatic heterocycles. The van der Waals surface area contributed by atoms with E-state index < -0.39 is 0 Å². The Morgan fingerprint density at radius 2 is 1.84 bits per heavy atom. The van der Waals surface area contributed by atoms with Crippen LogP contribution in [-0.4, -0.2) is 56.2 Å². The van der Waals surface area contributed by atoms with Crippen LogP contribution < -0.4 is 10.5 Å². The van der Waals surface area contributed by atoms with Gasteiger partial charge in [-0.1, -0.05) is 6.07 Å². The molecule has 0 atom stereocenters. The third kappa shape index (κ3) is 3.61. The van der Waals surface area contributed by atoms with Gasteiger partial charge in [-0.2, -0.15) is 0 Å². The Kier molecular flexibility index (Phi) is 4.66. The number of nitrogens with two attached hydrogens (primary N) is 1. The van der Waals surface area contributed by atoms with Gasteiger partial charge in [-0.3, -0.25) is 4.90 Å². The van der Waals surface area contributed by atoms with E-state index in [-0.39, 0.29) is 0 Å². The van der Waals surface area contributed by atoms with Crippen molar-refractivity contribution in [2.24, 2.45) is 0 Å². The lowest BCUT2D eigenvalue weighted by Gasteiger charge is -2.32. The van der Waals surface area contributed by atoms with Crippen molar-refractivity contribution < 1.29 is 4.74 Å². The minimum atomic E-state index is 0.731. The fraction of sp³-hybridized carbons (Fsp3) is 0.600. The third-order valence-corrected chi connectivity index (χ3v) is 3.89. The van der Waals surface area contributed by atoms with Crippen LogP contribution in [-0.2, 0) is 0 Å². The first-order valence-electron chi connectivity index (χ1n) is 6.97. The lowest BCUT2D eigenvalue weighted by atomic mass is 10.1. The first-order valence-corrected chi connectivity index (χ1v) is 6.97. The summed E-state index contributed by atoms with van der Waals surface area (Å²) in [6, 6.07) is 3.96. The Bertz CT molecular complexity index is 426. The van der Waals surface area contributed by atoms with Gasteiger partial charge in [0.15, 0.2) is 0 Å². The number of benzene rings is 1. The maximum absolute atomic E-state index is 5.94. The molecule has 0 aromatic heterocycles. The number of piperazine rings is 1. The number of likely N-dealkylation sites (N-methyl/N-ethyl adjacent to an activating group) is 1. The number of anilines is 1. The summed E-state index contributed by atoms with van der Waals surface area (Å²) in [5.41, 5.74) is 8.94. The summed E-state index contributed by atoms with van der Waals surface area (Å²) in [6.07, 6.45) is 0. The van der Waals surface area contributed by atoms with Crippen LogP contribution in [0.25, 0.3) is 0 Å². The smallest absolute Gasteiger partial charge is 0.127 e. The molecule has 0 spiro atoms. The number of hydrogen-bond donors (Lipinski definition) is 1. The zero-order valence-corrected chi connectivity index (χ0v) is 12.3. The SMILES string of the molecule is Cc1ccc(N)c(C)c1OCCN1CCN(C)CC1. The molecule has 106 valence electrons. The monoisotopic (exact) mass is 263 g/mol. The molecule has 0 unspecified atom stereocenters. The molecule has 0 saturated carbocycles. The van der Waals surface area contributed by atoms with Crippen molar-refractivity contribution in [3.8, 4) is 5.75 Å². The fourth-order valence-electron chi connectivity index (χ4n) is 2.41. The fourth-order valence-corrected chi connectivity index (χ4v) is 2.41. The average molecular weight is 263 g/mol. The molecule has 0 amide bonds. The molecule has 2 N–H and O–H groups in total. The first-order chi connectivity index (χ1) is 9.08. The summed E-state index contributed by atoms with van der Waals surface area (Å²) in [5.74, 6) is 0.953. The Morgan fingerprint density at radius 1 is 1.16 bits per heavy atom. The van der Waals surface area contributed by atoms with E-state index in [1.165, 1.54) is 0 Å². The van der Waals surface area contributed by atoms with Gasteiger partial charge < -0.3 is 15.4 Å². The molecule has 19 heavy (non-hydrogen) atoms. The quantitative estimate of drug-likeness (QED) is 0.836. The molecular weight excluding hydrogens is 238 g/mol. The number of rotatable bonds is 4. The zero-order chi connectivity index (χ0) is 13.8. The predicted octanol–water partition coefficient (Wildman–Crippen LogP) is 1.51. The van der Waals surface area contributed by atoms with Crippen molar-refractivity contribution in [1.82, 2.24) is 9.80 Å². The second-order valence-corrected chi connectivity index (χ2v) is 5.42. The minimum Gasteiger partial charge on any atom is -0.492 e. The normalized spacial score (nSPS) is 17.6. The lowest BCUT2D eigenvalue weighted by Crippen LogP contribution is -2.45. The van der Waals surface area contributed by atoms with E-state index in [9.17, 15) is 0 Å². The average Bonchev–Trinajstić information content (AvgIpc) is 2.40. The van der Waals surface area contributed by atoms with Crippen LogP contribution in [0.4, 0.5) is 5.69 Å². The molecule has 1 aromatic carbocycles. The third-order valence-electron chi connectivity index (χ3n) is 3.89. The highest BCUT2D eigenvalue weighted by molar-refractivity contribution is 5.56. The van der Waals surface area contributed by atoms with E-state index in [2.05, 4.69) is 23.8 Å². The largest absolute Gasteiger partial charge is 0.492 e. The van der Waals surface area contributed by atoms with Gasteiger partial charge in [0, 0.05) is 44.0 Å². The summed E-state index contributed by atoms with van der Waals surface area (Å²) < 4.78 is 5.94. The Balaban J connectivity index is 1.84. The number of ether oxygens (including phenoxy) is 1. The Hall–Kier alpha value is -1.26. The number of nitrogen functional groups attached to an aromatic ring is 1. The molecule has 4 heteroatoms. The topological polar surface area (TPSA) is 41.7 Å². The number of hydrogen-bond acceptors (Lipinski definition) is 4. The highest BCUT2D eigenvalue weighted by Gasteiger charge is 2.14. The van der Waals surface area contributed by atoms with Crippen LogP contribution in [0.2, 0.25) is 0 Å². The van der Waals surface area contributed by atoms with Gasteiger partial charge in [-0.05, 0) is 32.5 Å². The maximum Gasteiger partial charge on any atom is 0.127 e. The second kappa shape index (κ2) is 6.26. The van der Waals surface area contributed by atoms with E-state index in [1.807, 2.05) is 19.1 Å². The zero-order valence-electron chi connectivity index (χ0n) is 12.3. The highest BCUT2D eigenvalue weighted by Crippen LogP contribution is 2.27. The van der Waals surface area contributed by atoms with E-state index in [1.54, 1.807) is 0 Å². The first kappa shape index (κ1) is 14.2. The van der Waals surface area contributed by atoms with Crippen molar-refractivity contribution >= 4 is 5.69 Å². The molecule has 0 aliphatic carbocycles. The number of nitrogens with zero attached hydrogens (tertiary/aromatic N) is 2. The second-order valence-electron chi connectivity index (χ2n) is 5.42. The van der Waals surface area contributed by atoms with Gasteiger partial charge >= 0.3 is 0 Å². The van der Waals surface area contributed by atoms with E-state index in [0.29, 0.717) is 0 Å². The summed E-state index contributed by atoms with van der Waals surface area (Å²) in [7, 11) is 2.17. The van der Waals surface area contributed by atoms with E-state index in [4.69, 9.17) is 10.5 Å². The van der Waals surface area contributed by atoms with Crippen molar-refractivity contribution in [3.63, 3.8) is 0 Å². The van der Waals surface area contributed by atoms with Crippen LogP contribution in [0.1, 0.15) is 11.1 Å². The number of aryl methyl sites for hydroxylation is 1. The molecule has 0 radical (unpaired) electrons. The summed E-state index contributed by atoms with van der Waals surface area (Å²) >= 11 is 0. The van der Waals surface area contributed by atoms with Gasteiger partial charge in [0.05, 0.1) is 0 Å². The van der Waals surface area contributed by atoms with Crippen LogP contribution in [0, 0.1) is 13.8 Å². The van der Waals surface area contributed by atoms with Crippen LogP contribution in [0.5, 0.6) is 5.75 Å². The lowest BCUT2D eigenvalue weighted by molar-refractivity contribution is 0.133. The van der Waals surface area contributed by atoms with Gasteiger partial charge in [-0.25, -0.2) is 0 Å². The molecule has 0 bridgehead atoms. The van der Waals surface area contributed by atoms with Crippen LogP contribution in [0.15, 0.2) is 12.1 Å². The van der Waals surface area contributed by atoms with E-state index in [0.717, 1.165) is 61.9 Å². The molecule has 1 fully saturated rings. The van der Waals surface area contributed by atoms with Crippen molar-refractivity contribution in [2.45, 2.75) is 13.8 Å². The molecule has 2 rings (SSSR count). The van der Waals surface area contributed by atoms with Gasteiger partial charge in [-0.15, -0.1) is 0 Å². The Labute approximate surface area is 116 Å². The standard InChI is InChI=1S/C15H25N3O/c1-12-4-5-14(16)13(2)15(12)19-11-10-18-8-6-17(3)7-9-18/h4-5H,6-11,16H2,1-3H3. The predicted molar refractivity (Wildman–Crippen MR) is 79.8 cm³/mol. The molecule has 1 aliphatic rings. The molecular formula is C15H25N3O. The maximum atomic E-state index is 5.94. The van der Waals surface area contributed by atoms with Gasteiger partial charge in [0.1, 0.15) is 12.4 Å². The van der Waals surface area contributed by atoms with Crippen LogP contribution in [0.3, 0.4) is 0 Å². The van der Waals surface area contributed by atoms with Gasteiger partial charge in [0.25, 0.3) is 0 Å².